The summed E-state index contributed by atoms with van der Waals surface area (Å²) in [6, 6.07) is 16.0. The van der Waals surface area contributed by atoms with E-state index in [2.05, 4.69) is 4.98 Å². The van der Waals surface area contributed by atoms with E-state index >= 15 is 0 Å². The molecule has 0 spiro atoms. The molecule has 3 rings (SSSR count). The van der Waals surface area contributed by atoms with Crippen molar-refractivity contribution in [2.24, 2.45) is 0 Å². The van der Waals surface area contributed by atoms with Crippen molar-refractivity contribution in [2.75, 3.05) is 6.61 Å². The van der Waals surface area contributed by atoms with E-state index in [0.29, 0.717) is 22.3 Å². The average molecular weight is 308 g/mol. The Kier molecular flexibility index (Phi) is 4.19. The summed E-state index contributed by atoms with van der Waals surface area (Å²) in [5.74, 6) is 0.203. The van der Waals surface area contributed by atoms with E-state index in [1.54, 1.807) is 43.3 Å². The molecule has 0 saturated heterocycles. The van der Waals surface area contributed by atoms with Crippen LogP contribution in [0.3, 0.4) is 0 Å². The lowest BCUT2D eigenvalue weighted by Crippen LogP contribution is -2.26. The van der Waals surface area contributed by atoms with Crippen molar-refractivity contribution >= 4 is 16.9 Å². The van der Waals surface area contributed by atoms with Gasteiger partial charge in [0.05, 0.1) is 23.0 Å². The lowest BCUT2D eigenvalue weighted by molar-refractivity contribution is 0.0489. The monoisotopic (exact) mass is 308 g/mol. The second kappa shape index (κ2) is 6.44. The second-order valence-corrected chi connectivity index (χ2v) is 5.13. The molecule has 2 aromatic carbocycles. The topological polar surface area (TPSA) is 61.2 Å². The zero-order valence-corrected chi connectivity index (χ0v) is 12.7. The van der Waals surface area contributed by atoms with Gasteiger partial charge < -0.3 is 4.74 Å². The Labute approximate surface area is 133 Å². The smallest absolute Gasteiger partial charge is 0.338 e. The predicted octanol–water partition coefficient (Wildman–Crippen LogP) is 2.56. The maximum atomic E-state index is 12.5. The Hall–Kier alpha value is -2.95. The maximum absolute atomic E-state index is 12.5. The van der Waals surface area contributed by atoms with Crippen LogP contribution in [-0.4, -0.2) is 22.1 Å². The van der Waals surface area contributed by atoms with Crippen LogP contribution >= 0.6 is 0 Å². The zero-order valence-electron chi connectivity index (χ0n) is 12.7. The fourth-order valence-corrected chi connectivity index (χ4v) is 2.43. The van der Waals surface area contributed by atoms with Crippen molar-refractivity contribution in [3.05, 3.63) is 76.3 Å². The fourth-order valence-electron chi connectivity index (χ4n) is 2.43. The third-order valence-electron chi connectivity index (χ3n) is 3.61. The molecular formula is C18H16N2O3. The number of benzene rings is 2. The summed E-state index contributed by atoms with van der Waals surface area (Å²) >= 11 is 0. The molecule has 0 bridgehead atoms. The highest BCUT2D eigenvalue weighted by Gasteiger charge is 2.09. The molecule has 0 aliphatic heterocycles. The standard InChI is InChI=1S/C18H16N2O3/c1-13-19-16-10-6-5-9-15(16)17(21)20(13)11-12-23-18(22)14-7-3-2-4-8-14/h2-10H,11-12H2,1H3. The minimum Gasteiger partial charge on any atom is -0.460 e. The van der Waals surface area contributed by atoms with Crippen LogP contribution in [0.15, 0.2) is 59.4 Å². The molecule has 1 aromatic heterocycles. The van der Waals surface area contributed by atoms with Crippen molar-refractivity contribution in [1.82, 2.24) is 9.55 Å². The van der Waals surface area contributed by atoms with Crippen LogP contribution in [-0.2, 0) is 11.3 Å². The van der Waals surface area contributed by atoms with E-state index in [-0.39, 0.29) is 18.7 Å². The van der Waals surface area contributed by atoms with Crippen molar-refractivity contribution in [1.29, 1.82) is 0 Å². The van der Waals surface area contributed by atoms with Gasteiger partial charge >= 0.3 is 5.97 Å². The molecule has 0 fully saturated rings. The van der Waals surface area contributed by atoms with Crippen LogP contribution in [0.25, 0.3) is 10.9 Å². The molecule has 0 N–H and O–H groups in total. The van der Waals surface area contributed by atoms with Gasteiger partial charge in [0.25, 0.3) is 5.56 Å². The fraction of sp³-hybridized carbons (Fsp3) is 0.167. The highest BCUT2D eigenvalue weighted by Crippen LogP contribution is 2.07. The number of aromatic nitrogens is 2. The molecule has 0 radical (unpaired) electrons. The minimum absolute atomic E-state index is 0.120. The molecular weight excluding hydrogens is 292 g/mol. The van der Waals surface area contributed by atoms with Crippen LogP contribution in [0, 0.1) is 6.92 Å². The first-order chi connectivity index (χ1) is 11.2. The predicted molar refractivity (Wildman–Crippen MR) is 87.5 cm³/mol. The number of nitrogens with zero attached hydrogens (tertiary/aromatic N) is 2. The number of carbonyl (C=O) groups is 1. The molecule has 3 aromatic rings. The molecule has 0 unspecified atom stereocenters. The van der Waals surface area contributed by atoms with Crippen LogP contribution in [0.2, 0.25) is 0 Å². The van der Waals surface area contributed by atoms with Gasteiger partial charge in [-0.15, -0.1) is 0 Å². The first-order valence-corrected chi connectivity index (χ1v) is 7.35. The zero-order chi connectivity index (χ0) is 16.2. The summed E-state index contributed by atoms with van der Waals surface area (Å²) in [4.78, 5) is 28.8. The molecule has 0 amide bonds. The van der Waals surface area contributed by atoms with Gasteiger partial charge in [-0.25, -0.2) is 9.78 Å². The summed E-state index contributed by atoms with van der Waals surface area (Å²) in [6.07, 6.45) is 0. The summed E-state index contributed by atoms with van der Waals surface area (Å²) in [7, 11) is 0. The normalized spacial score (nSPS) is 10.7. The van der Waals surface area contributed by atoms with Gasteiger partial charge in [0.2, 0.25) is 0 Å². The first-order valence-electron chi connectivity index (χ1n) is 7.35. The summed E-state index contributed by atoms with van der Waals surface area (Å²) in [6.45, 7) is 2.17. The van der Waals surface area contributed by atoms with E-state index < -0.39 is 5.97 Å². The number of aryl methyl sites for hydroxylation is 1. The number of ether oxygens (including phenoxy) is 1. The van der Waals surface area contributed by atoms with Gasteiger partial charge in [0, 0.05) is 0 Å². The first kappa shape index (κ1) is 15.0. The lowest BCUT2D eigenvalue weighted by Gasteiger charge is -2.11. The van der Waals surface area contributed by atoms with Crippen molar-refractivity contribution in [2.45, 2.75) is 13.5 Å². The molecule has 0 aliphatic rings. The van der Waals surface area contributed by atoms with Crippen LogP contribution in [0.4, 0.5) is 0 Å². The Morgan fingerprint density at radius 1 is 1.09 bits per heavy atom. The van der Waals surface area contributed by atoms with Gasteiger partial charge in [0.1, 0.15) is 12.4 Å². The Bertz CT molecular complexity index is 901. The van der Waals surface area contributed by atoms with E-state index in [4.69, 9.17) is 4.74 Å². The SMILES string of the molecule is Cc1nc2ccccc2c(=O)n1CCOC(=O)c1ccccc1. The molecule has 1 heterocycles. The van der Waals surface area contributed by atoms with E-state index in [9.17, 15) is 9.59 Å². The molecule has 5 nitrogen and oxygen atoms in total. The number of fused-ring (bicyclic) bond motifs is 1. The Morgan fingerprint density at radius 2 is 1.78 bits per heavy atom. The van der Waals surface area contributed by atoms with Gasteiger partial charge in [0.15, 0.2) is 0 Å². The van der Waals surface area contributed by atoms with Crippen molar-refractivity contribution < 1.29 is 9.53 Å². The number of esters is 1. The van der Waals surface area contributed by atoms with Crippen LogP contribution in [0.5, 0.6) is 0 Å². The van der Waals surface area contributed by atoms with Gasteiger partial charge in [-0.3, -0.25) is 9.36 Å². The second-order valence-electron chi connectivity index (χ2n) is 5.13. The number of para-hydroxylation sites is 1. The molecule has 0 saturated carbocycles. The quantitative estimate of drug-likeness (QED) is 0.695. The molecule has 0 aliphatic carbocycles. The van der Waals surface area contributed by atoms with Crippen LogP contribution in [0.1, 0.15) is 16.2 Å². The van der Waals surface area contributed by atoms with Crippen LogP contribution < -0.4 is 5.56 Å². The molecule has 116 valence electrons. The molecule has 5 heteroatoms. The molecule has 23 heavy (non-hydrogen) atoms. The average Bonchev–Trinajstić information content (AvgIpc) is 2.58. The Morgan fingerprint density at radius 3 is 2.57 bits per heavy atom. The summed E-state index contributed by atoms with van der Waals surface area (Å²) < 4.78 is 6.76. The number of rotatable bonds is 4. The summed E-state index contributed by atoms with van der Waals surface area (Å²) in [5, 5.41) is 0.562. The lowest BCUT2D eigenvalue weighted by atomic mass is 10.2. The highest BCUT2D eigenvalue weighted by molar-refractivity contribution is 5.89. The van der Waals surface area contributed by atoms with E-state index in [1.165, 1.54) is 4.57 Å². The maximum Gasteiger partial charge on any atom is 0.338 e. The third kappa shape index (κ3) is 3.13. The minimum atomic E-state index is -0.398. The van der Waals surface area contributed by atoms with Gasteiger partial charge in [-0.1, -0.05) is 30.3 Å². The molecule has 0 atom stereocenters. The Balaban J connectivity index is 1.75. The van der Waals surface area contributed by atoms with E-state index in [0.717, 1.165) is 0 Å². The highest BCUT2D eigenvalue weighted by atomic mass is 16.5. The van der Waals surface area contributed by atoms with E-state index in [1.807, 2.05) is 18.2 Å². The summed E-state index contributed by atoms with van der Waals surface area (Å²) in [5.41, 5.74) is 1.05. The van der Waals surface area contributed by atoms with Crippen molar-refractivity contribution in [3.63, 3.8) is 0 Å². The van der Waals surface area contributed by atoms with Crippen molar-refractivity contribution in [3.8, 4) is 0 Å². The van der Waals surface area contributed by atoms with Gasteiger partial charge in [-0.05, 0) is 31.2 Å². The van der Waals surface area contributed by atoms with Gasteiger partial charge in [-0.2, -0.15) is 0 Å². The largest absolute Gasteiger partial charge is 0.460 e. The number of hydrogen-bond acceptors (Lipinski definition) is 4. The number of hydrogen-bond donors (Lipinski definition) is 0. The number of carbonyl (C=O) groups excluding carboxylic acids is 1. The third-order valence-corrected chi connectivity index (χ3v) is 3.61.